The average molecular weight is 277 g/mol. The van der Waals surface area contributed by atoms with Crippen LogP contribution in [0.4, 0.5) is 0 Å². The van der Waals surface area contributed by atoms with E-state index in [2.05, 4.69) is 15.9 Å². The van der Waals surface area contributed by atoms with Crippen LogP contribution in [0.3, 0.4) is 0 Å². The normalized spacial score (nSPS) is 11.1. The Bertz CT molecular complexity index is 393. The van der Waals surface area contributed by atoms with Crippen LogP contribution in [0.15, 0.2) is 28.7 Å². The quantitative estimate of drug-likeness (QED) is 0.705. The fourth-order valence-electron chi connectivity index (χ4n) is 0.785. The third kappa shape index (κ3) is 2.73. The molecule has 66 valence electrons. The fourth-order valence-corrected chi connectivity index (χ4v) is 1.38. The topological polar surface area (TPSA) is 23.8 Å². The Morgan fingerprint density at radius 2 is 2.23 bits per heavy atom. The van der Waals surface area contributed by atoms with E-state index in [9.17, 15) is 0 Å². The molecule has 4 heteroatoms. The van der Waals surface area contributed by atoms with E-state index in [1.54, 1.807) is 18.2 Å². The van der Waals surface area contributed by atoms with E-state index >= 15 is 0 Å². The molecule has 0 spiro atoms. The molecule has 0 radical (unpaired) electrons. The second kappa shape index (κ2) is 4.66. The van der Waals surface area contributed by atoms with Crippen LogP contribution in [0.5, 0.6) is 0 Å². The summed E-state index contributed by atoms with van der Waals surface area (Å²) in [5.74, 6) is 0. The van der Waals surface area contributed by atoms with Gasteiger partial charge in [0.15, 0.2) is 0 Å². The Morgan fingerprint density at radius 1 is 1.54 bits per heavy atom. The van der Waals surface area contributed by atoms with Gasteiger partial charge in [-0.05, 0) is 33.6 Å². The lowest BCUT2D eigenvalue weighted by Gasteiger charge is -1.99. The minimum Gasteiger partial charge on any atom is -0.193 e. The van der Waals surface area contributed by atoms with Gasteiger partial charge in [-0.3, -0.25) is 0 Å². The summed E-state index contributed by atoms with van der Waals surface area (Å²) in [6.45, 7) is 0. The Balaban J connectivity index is 3.13. The fraction of sp³-hybridized carbons (Fsp3) is 0. The summed E-state index contributed by atoms with van der Waals surface area (Å²) in [7, 11) is 0. The maximum Gasteiger partial charge on any atom is 0.0927 e. The van der Waals surface area contributed by atoms with E-state index in [0.29, 0.717) is 10.1 Å². The lowest BCUT2D eigenvalue weighted by Crippen LogP contribution is -1.77. The van der Waals surface area contributed by atoms with Crippen LogP contribution in [0, 0.1) is 11.3 Å². The van der Waals surface area contributed by atoms with Crippen molar-refractivity contribution in [3.8, 4) is 6.07 Å². The van der Waals surface area contributed by atoms with Crippen molar-refractivity contribution in [3.63, 3.8) is 0 Å². The molecule has 0 aromatic heterocycles. The monoisotopic (exact) mass is 275 g/mol. The van der Waals surface area contributed by atoms with Gasteiger partial charge in [-0.1, -0.05) is 29.3 Å². The molecule has 0 saturated heterocycles. The lowest BCUT2D eigenvalue weighted by molar-refractivity contribution is 1.53. The van der Waals surface area contributed by atoms with E-state index < -0.39 is 0 Å². The SMILES string of the molecule is N#C/C=C(\Cl)c1ccc(Br)c(Cl)c1. The smallest absolute Gasteiger partial charge is 0.0927 e. The number of halogens is 3. The number of nitriles is 1. The Morgan fingerprint density at radius 3 is 2.77 bits per heavy atom. The van der Waals surface area contributed by atoms with Crippen molar-refractivity contribution in [1.82, 2.24) is 0 Å². The molecule has 1 aromatic carbocycles. The summed E-state index contributed by atoms with van der Waals surface area (Å²) in [6, 6.07) is 7.11. The first kappa shape index (κ1) is 10.6. The highest BCUT2D eigenvalue weighted by atomic mass is 79.9. The predicted molar refractivity (Wildman–Crippen MR) is 58.6 cm³/mol. The van der Waals surface area contributed by atoms with Crippen molar-refractivity contribution in [2.45, 2.75) is 0 Å². The van der Waals surface area contributed by atoms with E-state index in [0.717, 1.165) is 10.0 Å². The van der Waals surface area contributed by atoms with Crippen molar-refractivity contribution in [3.05, 3.63) is 39.3 Å². The van der Waals surface area contributed by atoms with Crippen molar-refractivity contribution in [1.29, 1.82) is 5.26 Å². The zero-order valence-corrected chi connectivity index (χ0v) is 9.49. The minimum atomic E-state index is 0.386. The second-order valence-corrected chi connectivity index (χ2v) is 3.92. The Kier molecular flexibility index (Phi) is 3.80. The van der Waals surface area contributed by atoms with E-state index in [1.807, 2.05) is 6.07 Å². The van der Waals surface area contributed by atoms with E-state index in [4.69, 9.17) is 28.5 Å². The van der Waals surface area contributed by atoms with Gasteiger partial charge in [-0.2, -0.15) is 5.26 Å². The first-order valence-electron chi connectivity index (χ1n) is 3.36. The second-order valence-electron chi connectivity index (χ2n) is 2.25. The minimum absolute atomic E-state index is 0.386. The summed E-state index contributed by atoms with van der Waals surface area (Å²) in [5.41, 5.74) is 0.733. The van der Waals surface area contributed by atoms with Crippen LogP contribution in [0.25, 0.3) is 5.03 Å². The zero-order valence-electron chi connectivity index (χ0n) is 6.39. The molecule has 0 unspecified atom stereocenters. The standard InChI is InChI=1S/C9H4BrCl2N/c10-7-2-1-6(5-9(7)12)8(11)3-4-13/h1-3,5H/b8-3-. The highest BCUT2D eigenvalue weighted by molar-refractivity contribution is 9.10. The average Bonchev–Trinajstić information content (AvgIpc) is 2.10. The molecule has 1 rings (SSSR count). The molecule has 0 fully saturated rings. The molecule has 1 nitrogen and oxygen atoms in total. The molecule has 0 bridgehead atoms. The maximum atomic E-state index is 8.37. The molecule has 0 amide bonds. The molecular weight excluding hydrogens is 273 g/mol. The number of allylic oxidation sites excluding steroid dienone is 1. The van der Waals surface area contributed by atoms with Gasteiger partial charge in [0.05, 0.1) is 16.1 Å². The number of benzene rings is 1. The predicted octanol–water partition coefficient (Wildman–Crippen LogP) is 4.21. The summed E-state index contributed by atoms with van der Waals surface area (Å²) < 4.78 is 0.805. The van der Waals surface area contributed by atoms with Crippen molar-refractivity contribution >= 4 is 44.2 Å². The Labute approximate surface area is 94.7 Å². The van der Waals surface area contributed by atoms with Gasteiger partial charge in [0.1, 0.15) is 0 Å². The van der Waals surface area contributed by atoms with Gasteiger partial charge >= 0.3 is 0 Å². The van der Waals surface area contributed by atoms with E-state index in [-0.39, 0.29) is 0 Å². The van der Waals surface area contributed by atoms with Crippen LogP contribution >= 0.6 is 39.1 Å². The van der Waals surface area contributed by atoms with Gasteiger partial charge in [0.25, 0.3) is 0 Å². The van der Waals surface area contributed by atoms with Crippen LogP contribution in [0.1, 0.15) is 5.56 Å². The van der Waals surface area contributed by atoms with Crippen LogP contribution in [-0.4, -0.2) is 0 Å². The molecule has 0 aliphatic carbocycles. The highest BCUT2D eigenvalue weighted by Gasteiger charge is 2.01. The highest BCUT2D eigenvalue weighted by Crippen LogP contribution is 2.27. The number of rotatable bonds is 1. The van der Waals surface area contributed by atoms with Gasteiger partial charge in [-0.25, -0.2) is 0 Å². The molecule has 13 heavy (non-hydrogen) atoms. The molecule has 0 aliphatic heterocycles. The zero-order chi connectivity index (χ0) is 9.84. The van der Waals surface area contributed by atoms with Gasteiger partial charge in [-0.15, -0.1) is 0 Å². The van der Waals surface area contributed by atoms with Gasteiger partial charge in [0, 0.05) is 10.5 Å². The first-order chi connectivity index (χ1) is 6.15. The molecule has 0 saturated carbocycles. The van der Waals surface area contributed by atoms with Crippen molar-refractivity contribution < 1.29 is 0 Å². The lowest BCUT2D eigenvalue weighted by atomic mass is 10.2. The molecule has 0 heterocycles. The number of hydrogen-bond acceptors (Lipinski definition) is 1. The van der Waals surface area contributed by atoms with E-state index in [1.165, 1.54) is 6.08 Å². The Hall–Kier alpha value is -0.490. The summed E-state index contributed by atoms with van der Waals surface area (Å²) in [4.78, 5) is 0. The van der Waals surface area contributed by atoms with Crippen molar-refractivity contribution in [2.24, 2.45) is 0 Å². The van der Waals surface area contributed by atoms with Crippen LogP contribution in [0.2, 0.25) is 5.02 Å². The summed E-state index contributed by atoms with van der Waals surface area (Å²) in [6.07, 6.45) is 1.27. The van der Waals surface area contributed by atoms with Gasteiger partial charge < -0.3 is 0 Å². The molecule has 0 aliphatic rings. The van der Waals surface area contributed by atoms with Crippen LogP contribution in [-0.2, 0) is 0 Å². The number of hydrogen-bond donors (Lipinski definition) is 0. The maximum absolute atomic E-state index is 8.37. The van der Waals surface area contributed by atoms with Crippen molar-refractivity contribution in [2.75, 3.05) is 0 Å². The molecule has 0 atom stereocenters. The molecule has 1 aromatic rings. The van der Waals surface area contributed by atoms with Gasteiger partial charge in [0.2, 0.25) is 0 Å². The molecular formula is C9H4BrCl2N. The number of nitrogens with zero attached hydrogens (tertiary/aromatic N) is 1. The summed E-state index contributed by atoms with van der Waals surface area (Å²) >= 11 is 14.9. The first-order valence-corrected chi connectivity index (χ1v) is 4.90. The molecule has 0 N–H and O–H groups in total. The third-order valence-electron chi connectivity index (χ3n) is 1.39. The third-order valence-corrected chi connectivity index (χ3v) is 2.95. The summed E-state index contributed by atoms with van der Waals surface area (Å²) in [5, 5.41) is 9.33. The van der Waals surface area contributed by atoms with Crippen LogP contribution < -0.4 is 0 Å². The largest absolute Gasteiger partial charge is 0.193 e.